The van der Waals surface area contributed by atoms with E-state index in [0.29, 0.717) is 18.1 Å². The maximum absolute atomic E-state index is 9.55. The molecule has 2 heterocycles. The number of fused-ring (bicyclic) bond motifs is 2. The van der Waals surface area contributed by atoms with Gasteiger partial charge in [-0.15, -0.1) is 0 Å². The maximum atomic E-state index is 9.55. The van der Waals surface area contributed by atoms with Gasteiger partial charge in [0.15, 0.2) is 0 Å². The highest BCUT2D eigenvalue weighted by Crippen LogP contribution is 2.30. The smallest absolute Gasteiger partial charge is 0.105 e. The third-order valence-corrected chi connectivity index (χ3v) is 5.36. The Morgan fingerprint density at radius 1 is 1.24 bits per heavy atom. The summed E-state index contributed by atoms with van der Waals surface area (Å²) in [7, 11) is 2.29. The van der Waals surface area contributed by atoms with Crippen molar-refractivity contribution < 1.29 is 0 Å². The molecular formula is C17H32N4. The first kappa shape index (κ1) is 16.7. The Labute approximate surface area is 130 Å². The maximum Gasteiger partial charge on any atom is 0.105 e. The molecular weight excluding hydrogens is 260 g/mol. The van der Waals surface area contributed by atoms with E-state index in [1.807, 2.05) is 6.92 Å². The van der Waals surface area contributed by atoms with Crippen LogP contribution < -0.4 is 5.32 Å². The highest BCUT2D eigenvalue weighted by molar-refractivity contribution is 5.06. The molecule has 0 aromatic rings. The number of hydrogen-bond acceptors (Lipinski definition) is 4. The van der Waals surface area contributed by atoms with Crippen LogP contribution in [0, 0.1) is 11.3 Å². The average molecular weight is 292 g/mol. The minimum atomic E-state index is -0.426. The molecule has 0 saturated carbocycles. The van der Waals surface area contributed by atoms with Crippen molar-refractivity contribution in [1.29, 1.82) is 5.26 Å². The Kier molecular flexibility index (Phi) is 5.29. The summed E-state index contributed by atoms with van der Waals surface area (Å²) in [5, 5.41) is 13.0. The van der Waals surface area contributed by atoms with Gasteiger partial charge in [-0.25, -0.2) is 0 Å². The molecule has 0 aromatic heterocycles. The van der Waals surface area contributed by atoms with Gasteiger partial charge in [0, 0.05) is 30.7 Å². The van der Waals surface area contributed by atoms with Crippen LogP contribution >= 0.6 is 0 Å². The largest absolute Gasteiger partial charge is 0.299 e. The SMILES string of the molecule is CC(C)NC(C)(C#N)CC(C)N1CCC2CCC(C1)N2C. The van der Waals surface area contributed by atoms with E-state index >= 15 is 0 Å². The predicted octanol–water partition coefficient (Wildman–Crippen LogP) is 2.21. The van der Waals surface area contributed by atoms with E-state index in [1.54, 1.807) is 0 Å². The van der Waals surface area contributed by atoms with Crippen LogP contribution in [0.1, 0.15) is 53.4 Å². The van der Waals surface area contributed by atoms with Gasteiger partial charge in [0.05, 0.1) is 6.07 Å². The monoisotopic (exact) mass is 292 g/mol. The molecule has 0 aliphatic carbocycles. The van der Waals surface area contributed by atoms with Gasteiger partial charge in [0.25, 0.3) is 0 Å². The molecule has 0 spiro atoms. The molecule has 0 amide bonds. The Morgan fingerprint density at radius 2 is 1.90 bits per heavy atom. The van der Waals surface area contributed by atoms with Crippen molar-refractivity contribution in [3.8, 4) is 6.07 Å². The summed E-state index contributed by atoms with van der Waals surface area (Å²) in [6.45, 7) is 10.9. The second-order valence-electron chi connectivity index (χ2n) is 7.63. The third-order valence-electron chi connectivity index (χ3n) is 5.36. The molecule has 2 aliphatic rings. The van der Waals surface area contributed by atoms with Crippen molar-refractivity contribution in [3.05, 3.63) is 0 Å². The molecule has 4 unspecified atom stereocenters. The van der Waals surface area contributed by atoms with Crippen LogP contribution in [0.4, 0.5) is 0 Å². The average Bonchev–Trinajstić information content (AvgIpc) is 2.61. The van der Waals surface area contributed by atoms with Crippen LogP contribution in [0.2, 0.25) is 0 Å². The zero-order chi connectivity index (χ0) is 15.6. The number of likely N-dealkylation sites (tertiary alicyclic amines) is 1. The van der Waals surface area contributed by atoms with Crippen molar-refractivity contribution in [2.45, 2.75) is 83.1 Å². The lowest BCUT2D eigenvalue weighted by molar-refractivity contribution is 0.155. The minimum Gasteiger partial charge on any atom is -0.299 e. The van der Waals surface area contributed by atoms with Crippen LogP contribution in [-0.2, 0) is 0 Å². The van der Waals surface area contributed by atoms with Gasteiger partial charge in [-0.1, -0.05) is 0 Å². The van der Waals surface area contributed by atoms with E-state index in [0.717, 1.165) is 19.0 Å². The lowest BCUT2D eigenvalue weighted by Gasteiger charge is -2.36. The molecule has 21 heavy (non-hydrogen) atoms. The summed E-state index contributed by atoms with van der Waals surface area (Å²) in [5.74, 6) is 0. The molecule has 4 nitrogen and oxygen atoms in total. The summed E-state index contributed by atoms with van der Waals surface area (Å²) in [6.07, 6.45) is 4.87. The number of nitriles is 1. The zero-order valence-corrected chi connectivity index (χ0v) is 14.4. The van der Waals surface area contributed by atoms with Crippen LogP contribution in [0.25, 0.3) is 0 Å². The van der Waals surface area contributed by atoms with E-state index < -0.39 is 5.54 Å². The van der Waals surface area contributed by atoms with Crippen molar-refractivity contribution in [2.24, 2.45) is 0 Å². The summed E-state index contributed by atoms with van der Waals surface area (Å²) < 4.78 is 0. The molecule has 0 radical (unpaired) electrons. The first-order valence-electron chi connectivity index (χ1n) is 8.49. The molecule has 120 valence electrons. The third kappa shape index (κ3) is 3.97. The van der Waals surface area contributed by atoms with Crippen molar-refractivity contribution in [1.82, 2.24) is 15.1 Å². The fourth-order valence-electron chi connectivity index (χ4n) is 4.23. The molecule has 2 aliphatic heterocycles. The summed E-state index contributed by atoms with van der Waals surface area (Å²) in [4.78, 5) is 5.19. The second-order valence-corrected chi connectivity index (χ2v) is 7.63. The number of nitrogens with one attached hydrogen (secondary N) is 1. The highest BCUT2D eigenvalue weighted by atomic mass is 15.3. The molecule has 4 heteroatoms. The van der Waals surface area contributed by atoms with E-state index in [1.165, 1.54) is 25.8 Å². The summed E-state index contributed by atoms with van der Waals surface area (Å²) in [5.41, 5.74) is -0.426. The Balaban J connectivity index is 1.97. The molecule has 2 saturated heterocycles. The van der Waals surface area contributed by atoms with Crippen molar-refractivity contribution in [2.75, 3.05) is 20.1 Å². The van der Waals surface area contributed by atoms with Crippen LogP contribution in [0.15, 0.2) is 0 Å². The molecule has 1 N–H and O–H groups in total. The van der Waals surface area contributed by atoms with Gasteiger partial charge < -0.3 is 0 Å². The van der Waals surface area contributed by atoms with Crippen molar-refractivity contribution in [3.63, 3.8) is 0 Å². The number of rotatable bonds is 5. The topological polar surface area (TPSA) is 42.3 Å². The van der Waals surface area contributed by atoms with E-state index in [-0.39, 0.29) is 0 Å². The van der Waals surface area contributed by atoms with E-state index in [4.69, 9.17) is 0 Å². The van der Waals surface area contributed by atoms with Gasteiger partial charge in [0.2, 0.25) is 0 Å². The van der Waals surface area contributed by atoms with Gasteiger partial charge in [0.1, 0.15) is 5.54 Å². The Hall–Kier alpha value is -0.630. The van der Waals surface area contributed by atoms with Gasteiger partial charge in [-0.3, -0.25) is 15.1 Å². The fraction of sp³-hybridized carbons (Fsp3) is 0.941. The zero-order valence-electron chi connectivity index (χ0n) is 14.4. The standard InChI is InChI=1S/C17H32N4/c1-13(2)19-17(4,12-18)10-14(3)21-9-8-15-6-7-16(11-21)20(15)5/h13-16,19H,6-11H2,1-5H3. The number of hydrogen-bond donors (Lipinski definition) is 1. The molecule has 0 aromatic carbocycles. The molecule has 2 bridgehead atoms. The molecule has 2 fully saturated rings. The second kappa shape index (κ2) is 6.64. The summed E-state index contributed by atoms with van der Waals surface area (Å²) >= 11 is 0. The molecule has 4 atom stereocenters. The van der Waals surface area contributed by atoms with Gasteiger partial charge >= 0.3 is 0 Å². The Morgan fingerprint density at radius 3 is 2.52 bits per heavy atom. The lowest BCUT2D eigenvalue weighted by Crippen LogP contribution is -2.50. The quantitative estimate of drug-likeness (QED) is 0.843. The van der Waals surface area contributed by atoms with E-state index in [2.05, 4.69) is 49.0 Å². The van der Waals surface area contributed by atoms with Crippen LogP contribution in [0.5, 0.6) is 0 Å². The minimum absolute atomic E-state index is 0.341. The first-order valence-corrected chi connectivity index (χ1v) is 8.49. The predicted molar refractivity (Wildman–Crippen MR) is 87.1 cm³/mol. The van der Waals surface area contributed by atoms with Crippen molar-refractivity contribution >= 4 is 0 Å². The number of nitrogens with zero attached hydrogens (tertiary/aromatic N) is 3. The first-order chi connectivity index (χ1) is 9.84. The number of likely N-dealkylation sites (N-methyl/N-ethyl adjacent to an activating group) is 1. The van der Waals surface area contributed by atoms with Gasteiger partial charge in [-0.05, 0) is 67.0 Å². The highest BCUT2D eigenvalue weighted by Gasteiger charge is 2.37. The van der Waals surface area contributed by atoms with Crippen LogP contribution in [0.3, 0.4) is 0 Å². The normalized spacial score (nSPS) is 31.7. The van der Waals surface area contributed by atoms with Crippen LogP contribution in [-0.4, -0.2) is 59.6 Å². The molecule has 2 rings (SSSR count). The summed E-state index contributed by atoms with van der Waals surface area (Å²) in [6, 6.07) is 4.78. The fourth-order valence-corrected chi connectivity index (χ4v) is 4.23. The van der Waals surface area contributed by atoms with E-state index in [9.17, 15) is 5.26 Å². The lowest BCUT2D eigenvalue weighted by atomic mass is 9.93. The Bertz CT molecular complexity index is 389. The van der Waals surface area contributed by atoms with Gasteiger partial charge in [-0.2, -0.15) is 5.26 Å².